The first-order chi connectivity index (χ1) is 7.55. The lowest BCUT2D eigenvalue weighted by Crippen LogP contribution is -2.51. The van der Waals surface area contributed by atoms with Gasteiger partial charge in [-0.2, -0.15) is 0 Å². The average molecular weight is 226 g/mol. The first kappa shape index (κ1) is 12.3. The van der Waals surface area contributed by atoms with Crippen molar-refractivity contribution < 1.29 is 4.74 Å². The largest absolute Gasteiger partial charge is 0.380 e. The van der Waals surface area contributed by atoms with Crippen LogP contribution in [0.3, 0.4) is 0 Å². The molecular formula is C13H26N2O. The molecule has 0 radical (unpaired) electrons. The van der Waals surface area contributed by atoms with Gasteiger partial charge in [-0.1, -0.05) is 0 Å². The van der Waals surface area contributed by atoms with Gasteiger partial charge in [-0.25, -0.2) is 0 Å². The third-order valence-electron chi connectivity index (χ3n) is 3.84. The Morgan fingerprint density at radius 2 is 1.75 bits per heavy atom. The minimum absolute atomic E-state index is 0.335. The predicted molar refractivity (Wildman–Crippen MR) is 66.7 cm³/mol. The van der Waals surface area contributed by atoms with Gasteiger partial charge in [-0.05, 0) is 40.0 Å². The Bertz CT molecular complexity index is 210. The molecule has 1 N–H and O–H groups in total. The van der Waals surface area contributed by atoms with E-state index in [0.29, 0.717) is 17.6 Å². The van der Waals surface area contributed by atoms with E-state index in [1.54, 1.807) is 0 Å². The summed E-state index contributed by atoms with van der Waals surface area (Å²) in [7, 11) is 0. The van der Waals surface area contributed by atoms with Gasteiger partial charge in [-0.15, -0.1) is 0 Å². The van der Waals surface area contributed by atoms with Crippen LogP contribution in [0.1, 0.15) is 40.0 Å². The fourth-order valence-electron chi connectivity index (χ4n) is 2.72. The summed E-state index contributed by atoms with van der Waals surface area (Å²) in [6.45, 7) is 11.3. The van der Waals surface area contributed by atoms with Gasteiger partial charge in [0.05, 0.1) is 6.61 Å². The number of nitrogens with zero attached hydrogens (tertiary/aromatic N) is 1. The Balaban J connectivity index is 1.72. The standard InChI is InChI=1S/C13H26N2O/c1-13(2,3)15-7-4-11(5-8-15)14-12-6-9-16-10-12/h11-12,14H,4-10H2,1-3H3/t12-/m1/s1. The molecule has 0 bridgehead atoms. The summed E-state index contributed by atoms with van der Waals surface area (Å²) in [6, 6.07) is 1.33. The number of ether oxygens (including phenoxy) is 1. The van der Waals surface area contributed by atoms with Crippen molar-refractivity contribution in [2.45, 2.75) is 57.7 Å². The monoisotopic (exact) mass is 226 g/mol. The zero-order chi connectivity index (χ0) is 11.6. The first-order valence-electron chi connectivity index (χ1n) is 6.64. The quantitative estimate of drug-likeness (QED) is 0.774. The number of hydrogen-bond acceptors (Lipinski definition) is 3. The SMILES string of the molecule is CC(C)(C)N1CCC(N[C@@H]2CCOC2)CC1. The van der Waals surface area contributed by atoms with Crippen LogP contribution in [0.2, 0.25) is 0 Å². The Labute approximate surface area is 99.5 Å². The van der Waals surface area contributed by atoms with E-state index >= 15 is 0 Å². The van der Waals surface area contributed by atoms with E-state index < -0.39 is 0 Å². The molecule has 2 saturated heterocycles. The summed E-state index contributed by atoms with van der Waals surface area (Å²) in [5.41, 5.74) is 0.335. The highest BCUT2D eigenvalue weighted by molar-refractivity contribution is 4.86. The summed E-state index contributed by atoms with van der Waals surface area (Å²) in [4.78, 5) is 2.59. The molecule has 3 heteroatoms. The number of piperidine rings is 1. The minimum atomic E-state index is 0.335. The molecule has 0 saturated carbocycles. The number of rotatable bonds is 2. The zero-order valence-electron chi connectivity index (χ0n) is 11.0. The van der Waals surface area contributed by atoms with Crippen LogP contribution >= 0.6 is 0 Å². The maximum atomic E-state index is 5.40. The van der Waals surface area contributed by atoms with Crippen LogP contribution in [-0.4, -0.2) is 48.8 Å². The van der Waals surface area contributed by atoms with Crippen LogP contribution in [0, 0.1) is 0 Å². The number of nitrogens with one attached hydrogen (secondary N) is 1. The molecule has 0 spiro atoms. The summed E-state index contributed by atoms with van der Waals surface area (Å²) < 4.78 is 5.40. The summed E-state index contributed by atoms with van der Waals surface area (Å²) >= 11 is 0. The molecule has 0 aromatic carbocycles. The molecule has 2 rings (SSSR count). The Morgan fingerprint density at radius 1 is 1.06 bits per heavy atom. The van der Waals surface area contributed by atoms with Crippen LogP contribution in [0.5, 0.6) is 0 Å². The van der Waals surface area contributed by atoms with Crippen molar-refractivity contribution in [3.8, 4) is 0 Å². The summed E-state index contributed by atoms with van der Waals surface area (Å²) in [5.74, 6) is 0. The van der Waals surface area contributed by atoms with Gasteiger partial charge in [-0.3, -0.25) is 4.90 Å². The lowest BCUT2D eigenvalue weighted by atomic mass is 9.97. The highest BCUT2D eigenvalue weighted by Crippen LogP contribution is 2.20. The van der Waals surface area contributed by atoms with Crippen molar-refractivity contribution in [3.63, 3.8) is 0 Å². The van der Waals surface area contributed by atoms with Gasteiger partial charge < -0.3 is 10.1 Å². The van der Waals surface area contributed by atoms with Crippen LogP contribution in [0.15, 0.2) is 0 Å². The summed E-state index contributed by atoms with van der Waals surface area (Å²) in [5, 5.41) is 3.74. The van der Waals surface area contributed by atoms with Crippen LogP contribution in [0.4, 0.5) is 0 Å². The fraction of sp³-hybridized carbons (Fsp3) is 1.00. The van der Waals surface area contributed by atoms with Crippen LogP contribution in [-0.2, 0) is 4.74 Å². The van der Waals surface area contributed by atoms with Gasteiger partial charge in [0, 0.05) is 37.3 Å². The van der Waals surface area contributed by atoms with Crippen molar-refractivity contribution in [2.24, 2.45) is 0 Å². The second-order valence-corrected chi connectivity index (χ2v) is 6.16. The van der Waals surface area contributed by atoms with E-state index in [9.17, 15) is 0 Å². The Morgan fingerprint density at radius 3 is 2.25 bits per heavy atom. The van der Waals surface area contributed by atoms with Crippen molar-refractivity contribution >= 4 is 0 Å². The molecule has 0 amide bonds. The van der Waals surface area contributed by atoms with Gasteiger partial charge in [0.15, 0.2) is 0 Å². The lowest BCUT2D eigenvalue weighted by molar-refractivity contribution is 0.0926. The number of hydrogen-bond donors (Lipinski definition) is 1. The van der Waals surface area contributed by atoms with Gasteiger partial charge >= 0.3 is 0 Å². The molecule has 2 aliphatic rings. The molecule has 0 unspecified atom stereocenters. The molecule has 2 aliphatic heterocycles. The Kier molecular flexibility index (Phi) is 3.88. The van der Waals surface area contributed by atoms with E-state index in [-0.39, 0.29) is 0 Å². The number of likely N-dealkylation sites (tertiary alicyclic amines) is 1. The van der Waals surface area contributed by atoms with Crippen molar-refractivity contribution in [3.05, 3.63) is 0 Å². The molecule has 0 aromatic heterocycles. The molecule has 0 aromatic rings. The van der Waals surface area contributed by atoms with E-state index in [0.717, 1.165) is 13.2 Å². The predicted octanol–water partition coefficient (Wildman–Crippen LogP) is 1.63. The zero-order valence-corrected chi connectivity index (χ0v) is 11.0. The highest BCUT2D eigenvalue weighted by atomic mass is 16.5. The minimum Gasteiger partial charge on any atom is -0.380 e. The van der Waals surface area contributed by atoms with Gasteiger partial charge in [0.2, 0.25) is 0 Å². The van der Waals surface area contributed by atoms with E-state index in [1.165, 1.54) is 32.4 Å². The molecule has 94 valence electrons. The molecular weight excluding hydrogens is 200 g/mol. The maximum absolute atomic E-state index is 5.40. The van der Waals surface area contributed by atoms with Gasteiger partial charge in [0.1, 0.15) is 0 Å². The van der Waals surface area contributed by atoms with Crippen molar-refractivity contribution in [1.82, 2.24) is 10.2 Å². The summed E-state index contributed by atoms with van der Waals surface area (Å²) in [6.07, 6.45) is 3.76. The molecule has 16 heavy (non-hydrogen) atoms. The topological polar surface area (TPSA) is 24.5 Å². The maximum Gasteiger partial charge on any atom is 0.0620 e. The molecule has 1 atom stereocenters. The van der Waals surface area contributed by atoms with Gasteiger partial charge in [0.25, 0.3) is 0 Å². The Hall–Kier alpha value is -0.120. The first-order valence-corrected chi connectivity index (χ1v) is 6.64. The highest BCUT2D eigenvalue weighted by Gasteiger charge is 2.28. The smallest absolute Gasteiger partial charge is 0.0620 e. The van der Waals surface area contributed by atoms with E-state index in [2.05, 4.69) is 31.0 Å². The molecule has 3 nitrogen and oxygen atoms in total. The third kappa shape index (κ3) is 3.19. The fourth-order valence-corrected chi connectivity index (χ4v) is 2.72. The lowest BCUT2D eigenvalue weighted by Gasteiger charge is -2.41. The second-order valence-electron chi connectivity index (χ2n) is 6.16. The van der Waals surface area contributed by atoms with Crippen LogP contribution < -0.4 is 5.32 Å². The molecule has 2 fully saturated rings. The van der Waals surface area contributed by atoms with Crippen LogP contribution in [0.25, 0.3) is 0 Å². The van der Waals surface area contributed by atoms with E-state index in [1.807, 2.05) is 0 Å². The second kappa shape index (κ2) is 5.03. The van der Waals surface area contributed by atoms with Crippen molar-refractivity contribution in [1.29, 1.82) is 0 Å². The molecule has 0 aliphatic carbocycles. The normalized spacial score (nSPS) is 29.8. The molecule has 2 heterocycles. The van der Waals surface area contributed by atoms with Crippen molar-refractivity contribution in [2.75, 3.05) is 26.3 Å². The third-order valence-corrected chi connectivity index (χ3v) is 3.84. The average Bonchev–Trinajstić information content (AvgIpc) is 2.70. The van der Waals surface area contributed by atoms with E-state index in [4.69, 9.17) is 4.74 Å².